The van der Waals surface area contributed by atoms with Gasteiger partial charge in [0.05, 0.1) is 11.4 Å². The van der Waals surface area contributed by atoms with Crippen LogP contribution in [0, 0.1) is 0 Å². The molecule has 8 aromatic carbocycles. The number of benzene rings is 8. The van der Waals surface area contributed by atoms with Crippen LogP contribution in [0.15, 0.2) is 199 Å². The summed E-state index contributed by atoms with van der Waals surface area (Å²) in [6.45, 7) is 0. The molecular formula is C51H32N4O2. The summed E-state index contributed by atoms with van der Waals surface area (Å²) in [6.07, 6.45) is 0. The molecule has 11 rings (SSSR count). The van der Waals surface area contributed by atoms with Crippen molar-refractivity contribution >= 4 is 39.0 Å². The first-order valence-electron chi connectivity index (χ1n) is 18.9. The van der Waals surface area contributed by atoms with E-state index in [2.05, 4.69) is 102 Å². The highest BCUT2D eigenvalue weighted by atomic mass is 16.5. The zero-order valence-corrected chi connectivity index (χ0v) is 30.6. The van der Waals surface area contributed by atoms with Crippen molar-refractivity contribution in [2.24, 2.45) is 0 Å². The third-order valence-electron chi connectivity index (χ3n) is 10.5. The molecule has 0 saturated heterocycles. The predicted octanol–water partition coefficient (Wildman–Crippen LogP) is 13.7. The lowest BCUT2D eigenvalue weighted by atomic mass is 9.99. The lowest BCUT2D eigenvalue weighted by Gasteiger charge is -2.33. The minimum atomic E-state index is 0.590. The Balaban J connectivity index is 0.996. The fourth-order valence-corrected chi connectivity index (χ4v) is 7.77. The molecule has 2 aromatic heterocycles. The molecule has 268 valence electrons. The van der Waals surface area contributed by atoms with Gasteiger partial charge in [-0.05, 0) is 76.9 Å². The van der Waals surface area contributed by atoms with Crippen molar-refractivity contribution in [1.29, 1.82) is 0 Å². The van der Waals surface area contributed by atoms with Crippen LogP contribution in [0.5, 0.6) is 11.5 Å². The Labute approximate surface area is 329 Å². The molecule has 0 spiro atoms. The average molecular weight is 733 g/mol. The molecule has 0 N–H and O–H groups in total. The molecule has 0 radical (unpaired) electrons. The quantitative estimate of drug-likeness (QED) is 0.170. The van der Waals surface area contributed by atoms with E-state index < -0.39 is 0 Å². The minimum absolute atomic E-state index is 0.590. The molecule has 3 heterocycles. The molecule has 57 heavy (non-hydrogen) atoms. The maximum atomic E-state index is 6.49. The van der Waals surface area contributed by atoms with Crippen LogP contribution in [-0.4, -0.2) is 15.0 Å². The van der Waals surface area contributed by atoms with Crippen molar-refractivity contribution in [3.63, 3.8) is 0 Å². The van der Waals surface area contributed by atoms with Crippen LogP contribution in [-0.2, 0) is 0 Å². The monoisotopic (exact) mass is 732 g/mol. The highest BCUT2D eigenvalue weighted by Gasteiger charge is 2.26. The van der Waals surface area contributed by atoms with Gasteiger partial charge in [0.25, 0.3) is 0 Å². The van der Waals surface area contributed by atoms with Gasteiger partial charge >= 0.3 is 0 Å². The van der Waals surface area contributed by atoms with Gasteiger partial charge in [0.2, 0.25) is 0 Å². The van der Waals surface area contributed by atoms with E-state index in [4.69, 9.17) is 24.1 Å². The second-order valence-corrected chi connectivity index (χ2v) is 14.0. The zero-order valence-electron chi connectivity index (χ0n) is 30.6. The predicted molar refractivity (Wildman–Crippen MR) is 229 cm³/mol. The van der Waals surface area contributed by atoms with E-state index >= 15 is 0 Å². The number of aromatic nitrogens is 3. The second-order valence-electron chi connectivity index (χ2n) is 14.0. The molecule has 0 amide bonds. The van der Waals surface area contributed by atoms with Crippen LogP contribution in [0.4, 0.5) is 17.1 Å². The molecule has 0 saturated carbocycles. The fraction of sp³-hybridized carbons (Fsp3) is 0. The first-order chi connectivity index (χ1) is 28.2. The number of ether oxygens (including phenoxy) is 1. The Kier molecular flexibility index (Phi) is 7.71. The van der Waals surface area contributed by atoms with E-state index in [1.165, 1.54) is 0 Å². The van der Waals surface area contributed by atoms with Crippen LogP contribution < -0.4 is 9.64 Å². The Bertz CT molecular complexity index is 3030. The molecule has 0 aliphatic carbocycles. The third kappa shape index (κ3) is 5.79. The van der Waals surface area contributed by atoms with Crippen LogP contribution in [0.2, 0.25) is 0 Å². The SMILES string of the molecule is c1ccc(-c2ccc3c(c2)Oc2ccccc2N3c2ccc(-c3ccc4oc5cccc(-c6nc(-c7ccccc7)nc(-c7ccccc7)n6)c5c4c3)cc2)cc1. The molecule has 0 unspecified atom stereocenters. The van der Waals surface area contributed by atoms with Gasteiger partial charge in [-0.2, -0.15) is 0 Å². The standard InChI is InChI=1S/C51H32N4O2/c1-4-13-33(14-5-1)38-25-29-43-47(32-38)57-45-21-11-10-20-42(45)55(43)39-27-23-34(24-28-39)37-26-30-44-41(31-37)48-40(19-12-22-46(48)56-44)51-53-49(35-15-6-2-7-16-35)52-50(54-51)36-17-8-3-9-18-36/h1-32H. The van der Waals surface area contributed by atoms with Gasteiger partial charge in [-0.1, -0.05) is 140 Å². The van der Waals surface area contributed by atoms with Gasteiger partial charge in [0, 0.05) is 33.2 Å². The lowest BCUT2D eigenvalue weighted by molar-refractivity contribution is 0.477. The summed E-state index contributed by atoms with van der Waals surface area (Å²) in [4.78, 5) is 17.3. The molecular weight excluding hydrogens is 701 g/mol. The Hall–Kier alpha value is -7.83. The van der Waals surface area contributed by atoms with E-state index in [1.54, 1.807) is 0 Å². The third-order valence-corrected chi connectivity index (χ3v) is 10.5. The summed E-state index contributed by atoms with van der Waals surface area (Å²) in [5.74, 6) is 3.46. The summed E-state index contributed by atoms with van der Waals surface area (Å²) in [7, 11) is 0. The number of hydrogen-bond acceptors (Lipinski definition) is 6. The van der Waals surface area contributed by atoms with Gasteiger partial charge < -0.3 is 14.1 Å². The van der Waals surface area contributed by atoms with Gasteiger partial charge in [-0.3, -0.25) is 0 Å². The van der Waals surface area contributed by atoms with Crippen molar-refractivity contribution < 1.29 is 9.15 Å². The first-order valence-corrected chi connectivity index (χ1v) is 18.9. The normalized spacial score (nSPS) is 12.0. The summed E-state index contributed by atoms with van der Waals surface area (Å²) in [6, 6.07) is 66.3. The minimum Gasteiger partial charge on any atom is -0.456 e. The Morgan fingerprint density at radius 2 is 0.930 bits per heavy atom. The summed E-state index contributed by atoms with van der Waals surface area (Å²) >= 11 is 0. The van der Waals surface area contributed by atoms with Gasteiger partial charge in [0.15, 0.2) is 29.0 Å². The Morgan fingerprint density at radius 3 is 1.65 bits per heavy atom. The van der Waals surface area contributed by atoms with E-state index in [9.17, 15) is 0 Å². The summed E-state index contributed by atoms with van der Waals surface area (Å²) < 4.78 is 12.9. The number of nitrogens with zero attached hydrogens (tertiary/aromatic N) is 4. The average Bonchev–Trinajstić information content (AvgIpc) is 3.67. The van der Waals surface area contributed by atoms with Gasteiger partial charge in [0.1, 0.15) is 11.2 Å². The molecule has 0 fully saturated rings. The first kappa shape index (κ1) is 32.6. The second kappa shape index (κ2) is 13.5. The number of hydrogen-bond donors (Lipinski definition) is 0. The maximum Gasteiger partial charge on any atom is 0.164 e. The topological polar surface area (TPSA) is 64.3 Å². The molecule has 1 aliphatic rings. The molecule has 10 aromatic rings. The Morgan fingerprint density at radius 1 is 0.368 bits per heavy atom. The highest BCUT2D eigenvalue weighted by molar-refractivity contribution is 6.12. The lowest BCUT2D eigenvalue weighted by Crippen LogP contribution is -2.15. The van der Waals surface area contributed by atoms with Crippen molar-refractivity contribution in [3.8, 4) is 67.9 Å². The molecule has 1 aliphatic heterocycles. The van der Waals surface area contributed by atoms with E-state index in [1.807, 2.05) is 97.1 Å². The summed E-state index contributed by atoms with van der Waals surface area (Å²) in [5, 5.41) is 1.96. The van der Waals surface area contributed by atoms with E-state index in [0.29, 0.717) is 17.5 Å². The van der Waals surface area contributed by atoms with Crippen LogP contribution in [0.25, 0.3) is 78.4 Å². The van der Waals surface area contributed by atoms with Crippen molar-refractivity contribution in [3.05, 3.63) is 194 Å². The number of furan rings is 1. The smallest absolute Gasteiger partial charge is 0.164 e. The van der Waals surface area contributed by atoms with Crippen molar-refractivity contribution in [2.45, 2.75) is 0 Å². The van der Waals surface area contributed by atoms with E-state index in [-0.39, 0.29) is 0 Å². The van der Waals surface area contributed by atoms with Crippen LogP contribution in [0.1, 0.15) is 0 Å². The summed E-state index contributed by atoms with van der Waals surface area (Å²) in [5.41, 5.74) is 11.8. The largest absolute Gasteiger partial charge is 0.456 e. The fourth-order valence-electron chi connectivity index (χ4n) is 7.77. The zero-order chi connectivity index (χ0) is 37.7. The van der Waals surface area contributed by atoms with Crippen molar-refractivity contribution in [2.75, 3.05) is 4.90 Å². The molecule has 6 nitrogen and oxygen atoms in total. The number of fused-ring (bicyclic) bond motifs is 5. The van der Waals surface area contributed by atoms with Crippen LogP contribution >= 0.6 is 0 Å². The maximum absolute atomic E-state index is 6.49. The van der Waals surface area contributed by atoms with Crippen LogP contribution in [0.3, 0.4) is 0 Å². The molecule has 0 bridgehead atoms. The number of rotatable bonds is 6. The molecule has 6 heteroatoms. The number of para-hydroxylation sites is 2. The molecule has 0 atom stereocenters. The van der Waals surface area contributed by atoms with E-state index in [0.717, 1.165) is 89.4 Å². The highest BCUT2D eigenvalue weighted by Crippen LogP contribution is 2.51. The van der Waals surface area contributed by atoms with Crippen molar-refractivity contribution in [1.82, 2.24) is 15.0 Å². The van der Waals surface area contributed by atoms with Gasteiger partial charge in [-0.25, -0.2) is 15.0 Å². The number of anilines is 3. The van der Waals surface area contributed by atoms with Gasteiger partial charge in [-0.15, -0.1) is 0 Å².